The molecule has 0 bridgehead atoms. The zero-order valence-electron chi connectivity index (χ0n) is 32.6. The quantitative estimate of drug-likeness (QED) is 0.189. The van der Waals surface area contributed by atoms with Gasteiger partial charge in [0.1, 0.15) is 19.6 Å². The minimum atomic E-state index is -0.517. The molecule has 3 N–H and O–H groups in total. The first kappa shape index (κ1) is 41.2. The lowest BCUT2D eigenvalue weighted by molar-refractivity contribution is -0.246. The molecule has 11 heteroatoms. The van der Waals surface area contributed by atoms with Crippen molar-refractivity contribution in [3.05, 3.63) is 108 Å². The molecule has 0 aromatic heterocycles. The summed E-state index contributed by atoms with van der Waals surface area (Å²) in [7, 11) is 1.52. The van der Waals surface area contributed by atoms with Crippen LogP contribution in [-0.2, 0) is 19.2 Å². The van der Waals surface area contributed by atoms with E-state index in [1.807, 2.05) is 139 Å². The van der Waals surface area contributed by atoms with E-state index in [2.05, 4.69) is 10.6 Å². The lowest BCUT2D eigenvalue weighted by Crippen LogP contribution is -2.63. The van der Waals surface area contributed by atoms with Crippen LogP contribution in [0.5, 0.6) is 0 Å². The van der Waals surface area contributed by atoms with Crippen molar-refractivity contribution < 1.29 is 24.4 Å². The van der Waals surface area contributed by atoms with Gasteiger partial charge in [-0.2, -0.15) is 5.06 Å². The fourth-order valence-corrected chi connectivity index (χ4v) is 7.51. The second-order valence-corrected chi connectivity index (χ2v) is 15.4. The van der Waals surface area contributed by atoms with Crippen LogP contribution in [-0.4, -0.2) is 98.9 Å². The molecule has 0 saturated carbocycles. The Bertz CT molecular complexity index is 1650. The van der Waals surface area contributed by atoms with E-state index in [1.54, 1.807) is 4.90 Å². The molecule has 3 atom stereocenters. The van der Waals surface area contributed by atoms with E-state index in [1.165, 1.54) is 21.9 Å². The molecule has 1 aliphatic heterocycles. The fraction of sp³-hybridized carbons (Fsp3) is 0.476. The molecule has 1 saturated heterocycles. The Morgan fingerprint density at radius 1 is 0.642 bits per heavy atom. The van der Waals surface area contributed by atoms with Crippen molar-refractivity contribution in [2.24, 2.45) is 0 Å². The summed E-state index contributed by atoms with van der Waals surface area (Å²) in [5.41, 5.74) is 1.56. The van der Waals surface area contributed by atoms with Crippen molar-refractivity contribution in [2.45, 2.75) is 96.6 Å². The minimum Gasteiger partial charge on any atom is -0.358 e. The average Bonchev–Trinajstić information content (AvgIpc) is 3.15. The van der Waals surface area contributed by atoms with Crippen molar-refractivity contribution in [1.82, 2.24) is 30.4 Å². The number of hydrogen-bond acceptors (Lipinski definition) is 7. The Morgan fingerprint density at radius 3 is 1.34 bits per heavy atom. The second kappa shape index (κ2) is 18.0. The van der Waals surface area contributed by atoms with Crippen LogP contribution in [0.1, 0.15) is 96.1 Å². The molecular formula is C42H58N6O5. The standard InChI is InChI=1S/C42H58N6O5/c1-30(33-18-12-9-13-19-33)45(27-37(49)43-8)39(51)29-47(32(3)35-22-16-11-17-23-35)40(52)28-46(31(2)34-20-14-10-15-21-34)38(50)26-44-36-24-41(4,5)48(53)42(6,7)25-36/h9-23,30-32,36,44,53H,24-29H2,1-8H3,(H,43,49)/t30?,31?,32-/m0/s1. The number of rotatable bonds is 15. The van der Waals surface area contributed by atoms with Gasteiger partial charge >= 0.3 is 0 Å². The van der Waals surface area contributed by atoms with Crippen molar-refractivity contribution >= 4 is 23.6 Å². The first-order valence-electron chi connectivity index (χ1n) is 18.5. The molecule has 4 rings (SSSR count). The lowest BCUT2D eigenvalue weighted by atomic mass is 9.79. The number of piperidine rings is 1. The molecule has 0 spiro atoms. The first-order valence-corrected chi connectivity index (χ1v) is 18.5. The van der Waals surface area contributed by atoms with Gasteiger partial charge < -0.3 is 30.5 Å². The van der Waals surface area contributed by atoms with Gasteiger partial charge in [0, 0.05) is 24.2 Å². The van der Waals surface area contributed by atoms with Gasteiger partial charge in [-0.15, -0.1) is 0 Å². The van der Waals surface area contributed by atoms with Gasteiger partial charge in [0.15, 0.2) is 0 Å². The predicted molar refractivity (Wildman–Crippen MR) is 207 cm³/mol. The Morgan fingerprint density at radius 2 is 0.981 bits per heavy atom. The summed E-state index contributed by atoms with van der Waals surface area (Å²) in [6.07, 6.45) is 1.26. The van der Waals surface area contributed by atoms with Gasteiger partial charge in [0.05, 0.1) is 24.7 Å². The normalized spacial score (nSPS) is 17.2. The van der Waals surface area contributed by atoms with Crippen LogP contribution in [0.15, 0.2) is 91.0 Å². The number of nitrogens with zero attached hydrogens (tertiary/aromatic N) is 4. The summed E-state index contributed by atoms with van der Waals surface area (Å²) < 4.78 is 0. The molecule has 1 aliphatic rings. The van der Waals surface area contributed by atoms with Crippen molar-refractivity contribution in [1.29, 1.82) is 0 Å². The van der Waals surface area contributed by atoms with E-state index >= 15 is 0 Å². The molecule has 2 unspecified atom stereocenters. The summed E-state index contributed by atoms with van der Waals surface area (Å²) in [4.78, 5) is 60.4. The van der Waals surface area contributed by atoms with E-state index in [0.717, 1.165) is 16.7 Å². The molecule has 11 nitrogen and oxygen atoms in total. The van der Waals surface area contributed by atoms with Gasteiger partial charge in [-0.3, -0.25) is 19.2 Å². The van der Waals surface area contributed by atoms with Crippen molar-refractivity contribution in [2.75, 3.05) is 33.2 Å². The van der Waals surface area contributed by atoms with E-state index in [0.29, 0.717) is 12.8 Å². The summed E-state index contributed by atoms with van der Waals surface area (Å²) in [5, 5.41) is 18.3. The zero-order valence-corrected chi connectivity index (χ0v) is 32.6. The number of hydroxylamine groups is 2. The maximum absolute atomic E-state index is 14.6. The number of likely N-dealkylation sites (N-methyl/N-ethyl adjacent to an activating group) is 1. The van der Waals surface area contributed by atoms with Gasteiger partial charge in [0.2, 0.25) is 23.6 Å². The average molecular weight is 727 g/mol. The maximum atomic E-state index is 14.6. The third-order valence-electron chi connectivity index (χ3n) is 10.6. The molecule has 286 valence electrons. The zero-order chi connectivity index (χ0) is 38.9. The Labute approximate surface area is 315 Å². The predicted octanol–water partition coefficient (Wildman–Crippen LogP) is 5.50. The summed E-state index contributed by atoms with van der Waals surface area (Å²) in [5.74, 6) is -1.37. The molecule has 1 fully saturated rings. The number of benzene rings is 3. The van der Waals surface area contributed by atoms with Gasteiger partial charge in [0.25, 0.3) is 0 Å². The number of carbonyl (C=O) groups excluding carboxylic acids is 4. The highest BCUT2D eigenvalue weighted by atomic mass is 16.5. The second-order valence-electron chi connectivity index (χ2n) is 15.4. The lowest BCUT2D eigenvalue weighted by Gasteiger charge is -2.51. The highest BCUT2D eigenvalue weighted by molar-refractivity contribution is 5.91. The number of amides is 4. The molecule has 4 amide bonds. The molecular weight excluding hydrogens is 668 g/mol. The third-order valence-corrected chi connectivity index (χ3v) is 10.6. The van der Waals surface area contributed by atoms with Crippen LogP contribution in [0.25, 0.3) is 0 Å². The van der Waals surface area contributed by atoms with Crippen LogP contribution >= 0.6 is 0 Å². The van der Waals surface area contributed by atoms with Crippen molar-refractivity contribution in [3.63, 3.8) is 0 Å². The Balaban J connectivity index is 1.64. The van der Waals surface area contributed by atoms with Gasteiger partial charge in [-0.05, 0) is 78.0 Å². The molecule has 53 heavy (non-hydrogen) atoms. The Hall–Kier alpha value is -4.58. The van der Waals surface area contributed by atoms with Crippen LogP contribution in [0, 0.1) is 0 Å². The molecule has 3 aromatic rings. The Kier molecular flexibility index (Phi) is 14.0. The third kappa shape index (κ3) is 10.5. The van der Waals surface area contributed by atoms with Crippen molar-refractivity contribution in [3.8, 4) is 0 Å². The van der Waals surface area contributed by atoms with E-state index in [9.17, 15) is 24.4 Å². The van der Waals surface area contributed by atoms with Crippen LogP contribution in [0.4, 0.5) is 0 Å². The minimum absolute atomic E-state index is 0.00558. The van der Waals surface area contributed by atoms with E-state index < -0.39 is 41.0 Å². The molecule has 0 aliphatic carbocycles. The highest BCUT2D eigenvalue weighted by Gasteiger charge is 2.45. The number of hydrogen-bond donors (Lipinski definition) is 3. The number of nitrogens with one attached hydrogen (secondary N) is 2. The van der Waals surface area contributed by atoms with Gasteiger partial charge in [-0.25, -0.2) is 0 Å². The fourth-order valence-electron chi connectivity index (χ4n) is 7.51. The molecule has 0 radical (unpaired) electrons. The van der Waals surface area contributed by atoms with Crippen LogP contribution in [0.2, 0.25) is 0 Å². The SMILES string of the molecule is CNC(=O)CN(C(=O)CN(C(=O)CN(C(=O)CNC1CC(C)(C)N(O)C(C)(C)C1)C(C)c1ccccc1)[C@@H](C)c1ccccc1)C(C)c1ccccc1. The smallest absolute Gasteiger partial charge is 0.243 e. The largest absolute Gasteiger partial charge is 0.358 e. The van der Waals surface area contributed by atoms with Gasteiger partial charge in [-0.1, -0.05) is 91.0 Å². The first-order chi connectivity index (χ1) is 25.1. The monoisotopic (exact) mass is 726 g/mol. The van der Waals surface area contributed by atoms with Crippen LogP contribution < -0.4 is 10.6 Å². The maximum Gasteiger partial charge on any atom is 0.243 e. The summed E-state index contributed by atoms with van der Waals surface area (Å²) >= 11 is 0. The van der Waals surface area contributed by atoms with E-state index in [4.69, 9.17) is 0 Å². The molecule has 3 aromatic carbocycles. The highest BCUT2D eigenvalue weighted by Crippen LogP contribution is 2.36. The summed E-state index contributed by atoms with van der Waals surface area (Å²) in [6, 6.07) is 27.1. The van der Waals surface area contributed by atoms with E-state index in [-0.39, 0.29) is 44.0 Å². The number of carbonyl (C=O) groups is 4. The molecule has 1 heterocycles. The van der Waals surface area contributed by atoms with Crippen LogP contribution in [0.3, 0.4) is 0 Å². The topological polar surface area (TPSA) is 126 Å². The summed E-state index contributed by atoms with van der Waals surface area (Å²) in [6.45, 7) is 12.8.